The van der Waals surface area contributed by atoms with Gasteiger partial charge in [0, 0.05) is 12.5 Å². The third kappa shape index (κ3) is 5.82. The highest BCUT2D eigenvalue weighted by molar-refractivity contribution is 5.91. The highest BCUT2D eigenvalue weighted by atomic mass is 16.8. The largest absolute Gasteiger partial charge is 0.497 e. The van der Waals surface area contributed by atoms with Crippen molar-refractivity contribution < 1.29 is 68.6 Å². The summed E-state index contributed by atoms with van der Waals surface area (Å²) in [5.74, 6) is -2.74. The average Bonchev–Trinajstić information content (AvgIpc) is 3.16. The summed E-state index contributed by atoms with van der Waals surface area (Å²) in [6, 6.07) is 6.81. The van der Waals surface area contributed by atoms with E-state index in [2.05, 4.69) is 0 Å². The van der Waals surface area contributed by atoms with Gasteiger partial charge in [0.05, 0.1) is 33.0 Å². The van der Waals surface area contributed by atoms with E-state index < -0.39 is 85.2 Å². The van der Waals surface area contributed by atoms with Gasteiger partial charge in [-0.1, -0.05) is 12.1 Å². The standard InChI is InChI=1S/C27H34O14/c1-26(34)17(40-18(29)9-6-13-4-7-14(36-2)8-5-13)10-27(35)15(23(33)37-3)12-38-25(22(26)27)41-24-21(32)20(31)19(30)16(11-28)39-24/h4-9,12,16-17,19-22,24-25,28,30-32,34-35H,10-11H2,1-3H3/t16-,17+,19-,20+,21-,22-,24+,25+,26+,27+/m1/s1. The number of esters is 2. The van der Waals surface area contributed by atoms with Crippen molar-refractivity contribution in [2.45, 2.75) is 67.6 Å². The first-order valence-corrected chi connectivity index (χ1v) is 12.7. The minimum atomic E-state index is -2.21. The van der Waals surface area contributed by atoms with Crippen molar-refractivity contribution in [1.82, 2.24) is 0 Å². The van der Waals surface area contributed by atoms with Crippen LogP contribution in [0.15, 0.2) is 42.2 Å². The molecule has 0 bridgehead atoms. The van der Waals surface area contributed by atoms with Crippen molar-refractivity contribution >= 4 is 18.0 Å². The molecule has 0 unspecified atom stereocenters. The molecule has 1 saturated heterocycles. The third-order valence-corrected chi connectivity index (χ3v) is 7.66. The first-order chi connectivity index (χ1) is 19.4. The Morgan fingerprint density at radius 2 is 1.73 bits per heavy atom. The molecule has 10 atom stereocenters. The van der Waals surface area contributed by atoms with Crippen LogP contribution in [0, 0.1) is 5.92 Å². The molecule has 3 aliphatic rings. The van der Waals surface area contributed by atoms with Gasteiger partial charge in [-0.2, -0.15) is 0 Å². The van der Waals surface area contributed by atoms with Crippen LogP contribution in [-0.2, 0) is 33.3 Å². The molecule has 2 heterocycles. The number of hydrogen-bond acceptors (Lipinski definition) is 14. The lowest BCUT2D eigenvalue weighted by Crippen LogP contribution is -2.62. The number of hydrogen-bond donors (Lipinski definition) is 6. The SMILES string of the molecule is COC(=O)C1=CO[C@@H](O[C@@H]2O[C@H](CO)[C@@H](O)[C@H](O)[C@H]2O)[C@@H]2[C@@](C)(O)[C@@H](OC(=O)C=Cc3ccc(OC)cc3)C[C@]12O. The summed E-state index contributed by atoms with van der Waals surface area (Å²) < 4.78 is 31.9. The third-order valence-electron chi connectivity index (χ3n) is 7.66. The quantitative estimate of drug-likeness (QED) is 0.150. The minimum absolute atomic E-state index is 0.383. The van der Waals surface area contributed by atoms with Crippen LogP contribution in [0.3, 0.4) is 0 Å². The van der Waals surface area contributed by atoms with Crippen LogP contribution in [0.5, 0.6) is 5.75 Å². The Hall–Kier alpha value is -3.08. The molecule has 4 rings (SSSR count). The van der Waals surface area contributed by atoms with Crippen molar-refractivity contribution in [3.63, 3.8) is 0 Å². The fourth-order valence-corrected chi connectivity index (χ4v) is 5.37. The van der Waals surface area contributed by atoms with Gasteiger partial charge >= 0.3 is 11.9 Å². The van der Waals surface area contributed by atoms with Gasteiger partial charge in [-0.15, -0.1) is 0 Å². The van der Waals surface area contributed by atoms with Crippen LogP contribution in [0.25, 0.3) is 6.08 Å². The fraction of sp³-hybridized carbons (Fsp3) is 0.556. The highest BCUT2D eigenvalue weighted by Crippen LogP contribution is 2.53. The summed E-state index contributed by atoms with van der Waals surface area (Å²) in [6.45, 7) is 0.518. The average molecular weight is 583 g/mol. The molecular formula is C27H34O14. The Morgan fingerprint density at radius 1 is 1.05 bits per heavy atom. The Kier molecular flexibility index (Phi) is 9.06. The number of methoxy groups -OCH3 is 2. The van der Waals surface area contributed by atoms with Crippen molar-refractivity contribution in [2.24, 2.45) is 5.92 Å². The van der Waals surface area contributed by atoms with Crippen LogP contribution in [0.2, 0.25) is 0 Å². The number of benzene rings is 1. The van der Waals surface area contributed by atoms with E-state index in [1.165, 1.54) is 20.1 Å². The van der Waals surface area contributed by atoms with Crippen molar-refractivity contribution in [3.8, 4) is 5.75 Å². The number of ether oxygens (including phenoxy) is 6. The number of carbonyl (C=O) groups excluding carboxylic acids is 2. The molecule has 1 aliphatic carbocycles. The molecule has 14 heteroatoms. The Morgan fingerprint density at radius 3 is 2.34 bits per heavy atom. The molecule has 1 aromatic carbocycles. The van der Waals surface area contributed by atoms with E-state index in [4.69, 9.17) is 28.4 Å². The molecule has 226 valence electrons. The van der Waals surface area contributed by atoms with Crippen LogP contribution in [0.4, 0.5) is 0 Å². The summed E-state index contributed by atoms with van der Waals surface area (Å²) >= 11 is 0. The van der Waals surface area contributed by atoms with Gasteiger partial charge in [0.15, 0.2) is 6.29 Å². The number of fused-ring (bicyclic) bond motifs is 1. The monoisotopic (exact) mass is 582 g/mol. The maximum atomic E-state index is 12.7. The lowest BCUT2D eigenvalue weighted by Gasteiger charge is -2.46. The summed E-state index contributed by atoms with van der Waals surface area (Å²) in [6.07, 6.45) is -8.29. The lowest BCUT2D eigenvalue weighted by molar-refractivity contribution is -0.352. The summed E-state index contributed by atoms with van der Waals surface area (Å²) in [5, 5.41) is 63.4. The topological polar surface area (TPSA) is 211 Å². The van der Waals surface area contributed by atoms with Crippen LogP contribution >= 0.6 is 0 Å². The Balaban J connectivity index is 1.58. The predicted octanol–water partition coefficient (Wildman–Crippen LogP) is -1.65. The second-order valence-electron chi connectivity index (χ2n) is 10.2. The molecule has 1 aromatic rings. The summed E-state index contributed by atoms with van der Waals surface area (Å²) in [5.41, 5.74) is -4.03. The minimum Gasteiger partial charge on any atom is -0.497 e. The Labute approximate surface area is 234 Å². The van der Waals surface area contributed by atoms with Gasteiger partial charge in [-0.3, -0.25) is 0 Å². The zero-order valence-corrected chi connectivity index (χ0v) is 22.5. The van der Waals surface area contributed by atoms with E-state index in [1.807, 2.05) is 0 Å². The molecule has 1 saturated carbocycles. The zero-order valence-electron chi connectivity index (χ0n) is 22.5. The summed E-state index contributed by atoms with van der Waals surface area (Å²) in [7, 11) is 2.60. The second kappa shape index (κ2) is 12.0. The lowest BCUT2D eigenvalue weighted by atomic mass is 9.77. The normalized spacial score (nSPS) is 38.5. The molecular weight excluding hydrogens is 548 g/mol. The fourth-order valence-electron chi connectivity index (χ4n) is 5.37. The first-order valence-electron chi connectivity index (χ1n) is 12.7. The molecule has 2 fully saturated rings. The van der Waals surface area contributed by atoms with E-state index in [9.17, 15) is 40.2 Å². The molecule has 0 radical (unpaired) electrons. The maximum absolute atomic E-state index is 12.7. The van der Waals surface area contributed by atoms with Crippen LogP contribution < -0.4 is 4.74 Å². The van der Waals surface area contributed by atoms with Crippen LogP contribution in [0.1, 0.15) is 18.9 Å². The molecule has 14 nitrogen and oxygen atoms in total. The smallest absolute Gasteiger partial charge is 0.339 e. The highest BCUT2D eigenvalue weighted by Gasteiger charge is 2.69. The second-order valence-corrected chi connectivity index (χ2v) is 10.2. The van der Waals surface area contributed by atoms with Gasteiger partial charge in [0.1, 0.15) is 53.0 Å². The predicted molar refractivity (Wildman–Crippen MR) is 135 cm³/mol. The first kappa shape index (κ1) is 30.9. The number of carbonyl (C=O) groups is 2. The van der Waals surface area contributed by atoms with Crippen molar-refractivity contribution in [1.29, 1.82) is 0 Å². The van der Waals surface area contributed by atoms with E-state index >= 15 is 0 Å². The van der Waals surface area contributed by atoms with Crippen molar-refractivity contribution in [2.75, 3.05) is 20.8 Å². The molecule has 2 aliphatic heterocycles. The van der Waals surface area contributed by atoms with Gasteiger partial charge in [0.2, 0.25) is 6.29 Å². The zero-order chi connectivity index (χ0) is 30.1. The molecule has 6 N–H and O–H groups in total. The molecule has 0 spiro atoms. The number of rotatable bonds is 8. The maximum Gasteiger partial charge on any atom is 0.339 e. The van der Waals surface area contributed by atoms with E-state index in [0.717, 1.165) is 19.4 Å². The van der Waals surface area contributed by atoms with E-state index in [1.54, 1.807) is 24.3 Å². The van der Waals surface area contributed by atoms with Gasteiger partial charge in [-0.25, -0.2) is 9.59 Å². The molecule has 41 heavy (non-hydrogen) atoms. The van der Waals surface area contributed by atoms with E-state index in [-0.39, 0.29) is 5.57 Å². The van der Waals surface area contributed by atoms with Crippen molar-refractivity contribution in [3.05, 3.63) is 47.7 Å². The van der Waals surface area contributed by atoms with Gasteiger partial charge in [-0.05, 0) is 30.7 Å². The number of aliphatic hydroxyl groups is 6. The number of aliphatic hydroxyl groups excluding tert-OH is 4. The Bertz CT molecular complexity index is 1160. The molecule has 0 aromatic heterocycles. The van der Waals surface area contributed by atoms with Crippen LogP contribution in [-0.4, -0.2) is 118 Å². The summed E-state index contributed by atoms with van der Waals surface area (Å²) in [4.78, 5) is 25.3. The molecule has 0 amide bonds. The van der Waals surface area contributed by atoms with E-state index in [0.29, 0.717) is 11.3 Å². The van der Waals surface area contributed by atoms with Gasteiger partial charge < -0.3 is 59.1 Å². The van der Waals surface area contributed by atoms with Gasteiger partial charge in [0.25, 0.3) is 0 Å².